The number of rotatable bonds is 9. The van der Waals surface area contributed by atoms with Crippen LogP contribution in [0, 0.1) is 5.82 Å². The fourth-order valence-electron chi connectivity index (χ4n) is 3.45. The predicted molar refractivity (Wildman–Crippen MR) is 128 cm³/mol. The number of unbranched alkanes of at least 4 members (excludes halogenated alkanes) is 1. The smallest absolute Gasteiger partial charge is 0.171 e. The first-order chi connectivity index (χ1) is 15.8. The highest BCUT2D eigenvalue weighted by atomic mass is 32.2. The molecular formula is C24H24FN5O2S. The van der Waals surface area contributed by atoms with E-state index in [0.29, 0.717) is 24.6 Å². The van der Waals surface area contributed by atoms with Crippen LogP contribution < -0.4 is 5.32 Å². The quantitative estimate of drug-likeness (QED) is 0.359. The lowest BCUT2D eigenvalue weighted by Crippen LogP contribution is -2.05. The van der Waals surface area contributed by atoms with Crippen LogP contribution in [-0.2, 0) is 9.84 Å². The summed E-state index contributed by atoms with van der Waals surface area (Å²) >= 11 is 0. The van der Waals surface area contributed by atoms with Gasteiger partial charge in [0.1, 0.15) is 17.5 Å². The molecule has 33 heavy (non-hydrogen) atoms. The lowest BCUT2D eigenvalue weighted by atomic mass is 10.2. The molecule has 0 aliphatic heterocycles. The Morgan fingerprint density at radius 2 is 1.88 bits per heavy atom. The van der Waals surface area contributed by atoms with Crippen molar-refractivity contribution in [1.82, 2.24) is 19.5 Å². The predicted octanol–water partition coefficient (Wildman–Crippen LogP) is 4.76. The lowest BCUT2D eigenvalue weighted by molar-refractivity contribution is 0.604. The molecule has 7 nitrogen and oxygen atoms in total. The van der Waals surface area contributed by atoms with Gasteiger partial charge in [0.2, 0.25) is 0 Å². The number of benzene rings is 1. The number of halogens is 1. The van der Waals surface area contributed by atoms with Gasteiger partial charge < -0.3 is 5.32 Å². The SMILES string of the molecule is C=C(CCCCNc1ccc(-c2nc3ccncc3n2-c2ccc(F)cc2)cn1)S(C)(=O)=O. The number of anilines is 1. The Hall–Kier alpha value is -3.59. The number of hydrogen-bond acceptors (Lipinski definition) is 6. The summed E-state index contributed by atoms with van der Waals surface area (Å²) in [6.45, 7) is 4.29. The largest absolute Gasteiger partial charge is 0.370 e. The molecule has 1 aromatic carbocycles. The number of nitrogens with zero attached hydrogens (tertiary/aromatic N) is 4. The van der Waals surface area contributed by atoms with E-state index in [2.05, 4.69) is 21.9 Å². The van der Waals surface area contributed by atoms with Crippen LogP contribution in [0.5, 0.6) is 0 Å². The molecule has 0 fully saturated rings. The molecule has 1 N–H and O–H groups in total. The molecule has 0 saturated carbocycles. The van der Waals surface area contributed by atoms with Crippen LogP contribution in [0.2, 0.25) is 0 Å². The Bertz CT molecular complexity index is 1380. The van der Waals surface area contributed by atoms with Crippen molar-refractivity contribution < 1.29 is 12.8 Å². The summed E-state index contributed by atoms with van der Waals surface area (Å²) in [6, 6.07) is 11.9. The third-order valence-electron chi connectivity index (χ3n) is 5.28. The van der Waals surface area contributed by atoms with E-state index < -0.39 is 9.84 Å². The monoisotopic (exact) mass is 465 g/mol. The highest BCUT2D eigenvalue weighted by Crippen LogP contribution is 2.28. The molecule has 9 heteroatoms. The topological polar surface area (TPSA) is 89.8 Å². The fraction of sp³-hybridized carbons (Fsp3) is 0.208. The lowest BCUT2D eigenvalue weighted by Gasteiger charge is -2.10. The molecule has 4 aromatic rings. The number of nitrogens with one attached hydrogen (secondary N) is 1. The van der Waals surface area contributed by atoms with Gasteiger partial charge in [0.25, 0.3) is 0 Å². The molecular weight excluding hydrogens is 441 g/mol. The summed E-state index contributed by atoms with van der Waals surface area (Å²) in [5, 5.41) is 3.25. The van der Waals surface area contributed by atoms with Gasteiger partial charge >= 0.3 is 0 Å². The van der Waals surface area contributed by atoms with Crippen LogP contribution in [0.4, 0.5) is 10.2 Å². The van der Waals surface area contributed by atoms with Gasteiger partial charge in [-0.3, -0.25) is 9.55 Å². The fourth-order valence-corrected chi connectivity index (χ4v) is 3.96. The van der Waals surface area contributed by atoms with E-state index >= 15 is 0 Å². The highest BCUT2D eigenvalue weighted by Gasteiger charge is 2.15. The maximum atomic E-state index is 13.5. The number of fused-ring (bicyclic) bond motifs is 1. The van der Waals surface area contributed by atoms with Crippen molar-refractivity contribution in [2.45, 2.75) is 19.3 Å². The molecule has 170 valence electrons. The molecule has 0 spiro atoms. The first-order valence-corrected chi connectivity index (χ1v) is 12.4. The van der Waals surface area contributed by atoms with Gasteiger partial charge in [0, 0.05) is 41.4 Å². The normalized spacial score (nSPS) is 11.6. The van der Waals surface area contributed by atoms with Crippen LogP contribution in [0.3, 0.4) is 0 Å². The van der Waals surface area contributed by atoms with E-state index in [9.17, 15) is 12.8 Å². The second kappa shape index (κ2) is 9.50. The maximum Gasteiger partial charge on any atom is 0.171 e. The van der Waals surface area contributed by atoms with Crippen LogP contribution >= 0.6 is 0 Å². The highest BCUT2D eigenvalue weighted by molar-refractivity contribution is 7.94. The number of hydrogen-bond donors (Lipinski definition) is 1. The van der Waals surface area contributed by atoms with Crippen LogP contribution in [0.25, 0.3) is 28.1 Å². The molecule has 0 radical (unpaired) electrons. The molecule has 0 bridgehead atoms. The molecule has 0 saturated heterocycles. The van der Waals surface area contributed by atoms with E-state index in [1.165, 1.54) is 18.4 Å². The molecule has 0 aliphatic carbocycles. The Morgan fingerprint density at radius 3 is 2.58 bits per heavy atom. The summed E-state index contributed by atoms with van der Waals surface area (Å²) < 4.78 is 38.2. The summed E-state index contributed by atoms with van der Waals surface area (Å²) in [5.74, 6) is 1.09. The Morgan fingerprint density at radius 1 is 1.09 bits per heavy atom. The summed E-state index contributed by atoms with van der Waals surface area (Å²) in [5.41, 5.74) is 3.18. The third kappa shape index (κ3) is 5.25. The zero-order valence-corrected chi connectivity index (χ0v) is 19.0. The standard InChI is InChI=1S/C24H24FN5O2S/c1-17(33(2,31)32)5-3-4-13-27-23-11-6-18(15-28-23)24-29-21-12-14-26-16-22(21)30(24)20-9-7-19(25)8-10-20/h6-12,14-16H,1,3-5,13H2,2H3,(H,27,28). The Labute approximate surface area is 192 Å². The molecule has 4 rings (SSSR count). The van der Waals surface area contributed by atoms with Gasteiger partial charge in [-0.15, -0.1) is 0 Å². The average molecular weight is 466 g/mol. The molecule has 0 unspecified atom stereocenters. The molecule has 0 amide bonds. The van der Waals surface area contributed by atoms with E-state index in [4.69, 9.17) is 4.98 Å². The Balaban J connectivity index is 1.49. The van der Waals surface area contributed by atoms with Crippen molar-refractivity contribution in [2.75, 3.05) is 18.1 Å². The first-order valence-electron chi connectivity index (χ1n) is 10.5. The van der Waals surface area contributed by atoms with Gasteiger partial charge in [-0.2, -0.15) is 0 Å². The molecule has 0 aliphatic rings. The van der Waals surface area contributed by atoms with Crippen molar-refractivity contribution in [3.05, 3.63) is 78.4 Å². The van der Waals surface area contributed by atoms with Crippen molar-refractivity contribution in [1.29, 1.82) is 0 Å². The number of imidazole rings is 1. The number of allylic oxidation sites excluding steroid dienone is 1. The van der Waals surface area contributed by atoms with Gasteiger partial charge in [0.15, 0.2) is 9.84 Å². The minimum atomic E-state index is -3.17. The summed E-state index contributed by atoms with van der Waals surface area (Å²) in [4.78, 5) is 13.7. The van der Waals surface area contributed by atoms with Gasteiger partial charge in [-0.05, 0) is 61.7 Å². The minimum absolute atomic E-state index is 0.268. The number of sulfone groups is 1. The second-order valence-corrected chi connectivity index (χ2v) is 9.86. The zero-order chi connectivity index (χ0) is 23.4. The second-order valence-electron chi connectivity index (χ2n) is 7.74. The van der Waals surface area contributed by atoms with Gasteiger partial charge in [0.05, 0.1) is 17.2 Å². The van der Waals surface area contributed by atoms with Crippen molar-refractivity contribution in [3.8, 4) is 17.1 Å². The van der Waals surface area contributed by atoms with Crippen molar-refractivity contribution in [3.63, 3.8) is 0 Å². The molecule has 0 atom stereocenters. The van der Waals surface area contributed by atoms with Crippen molar-refractivity contribution >= 4 is 26.7 Å². The number of pyridine rings is 2. The zero-order valence-electron chi connectivity index (χ0n) is 18.2. The minimum Gasteiger partial charge on any atom is -0.370 e. The Kier molecular flexibility index (Phi) is 6.50. The maximum absolute atomic E-state index is 13.5. The first kappa shape index (κ1) is 22.6. The van der Waals surface area contributed by atoms with E-state index in [1.54, 1.807) is 30.7 Å². The van der Waals surface area contributed by atoms with Crippen molar-refractivity contribution in [2.24, 2.45) is 0 Å². The average Bonchev–Trinajstić information content (AvgIpc) is 3.18. The van der Waals surface area contributed by atoms with Crippen LogP contribution in [0.15, 0.2) is 72.5 Å². The third-order valence-corrected chi connectivity index (χ3v) is 6.53. The molecule has 3 aromatic heterocycles. The van der Waals surface area contributed by atoms with Gasteiger partial charge in [-0.1, -0.05) is 6.58 Å². The number of aromatic nitrogens is 4. The van der Waals surface area contributed by atoms with E-state index in [1.807, 2.05) is 22.8 Å². The molecule has 3 heterocycles. The van der Waals surface area contributed by atoms with Gasteiger partial charge in [-0.25, -0.2) is 22.8 Å². The van der Waals surface area contributed by atoms with Crippen LogP contribution in [0.1, 0.15) is 19.3 Å². The summed E-state index contributed by atoms with van der Waals surface area (Å²) in [6.07, 6.45) is 8.32. The van der Waals surface area contributed by atoms with E-state index in [-0.39, 0.29) is 10.7 Å². The van der Waals surface area contributed by atoms with Crippen LogP contribution in [-0.4, -0.2) is 40.7 Å². The summed E-state index contributed by atoms with van der Waals surface area (Å²) in [7, 11) is -3.17. The van der Waals surface area contributed by atoms with E-state index in [0.717, 1.165) is 35.1 Å².